The maximum Gasteiger partial charge on any atom is 0.161 e. The summed E-state index contributed by atoms with van der Waals surface area (Å²) in [5.41, 5.74) is 7.48. The molecule has 2 aromatic rings. The summed E-state index contributed by atoms with van der Waals surface area (Å²) in [6.45, 7) is 2.99. The first-order chi connectivity index (χ1) is 9.19. The van der Waals surface area contributed by atoms with Gasteiger partial charge in [-0.25, -0.2) is 9.97 Å². The number of hydrogen-bond donors (Lipinski definition) is 1. The second-order valence-corrected chi connectivity index (χ2v) is 4.12. The Morgan fingerprint density at radius 2 is 1.84 bits per heavy atom. The van der Waals surface area contributed by atoms with Gasteiger partial charge in [0.25, 0.3) is 0 Å². The molecule has 5 heteroatoms. The predicted molar refractivity (Wildman–Crippen MR) is 74.0 cm³/mol. The lowest BCUT2D eigenvalue weighted by molar-refractivity contribution is 0.146. The fourth-order valence-electron chi connectivity index (χ4n) is 1.67. The average molecular weight is 259 g/mol. The standard InChI is InChI=1S/C14H17N3O2/c1-10-9-13(15)17-14(16-10)11-3-5-12(6-4-11)19-8-7-18-2/h3-6,9H,7-8H2,1-2H3,(H2,15,16,17). The van der Waals surface area contributed by atoms with Crippen molar-refractivity contribution in [1.29, 1.82) is 0 Å². The maximum absolute atomic E-state index is 5.72. The fraction of sp³-hybridized carbons (Fsp3) is 0.286. The van der Waals surface area contributed by atoms with E-state index in [1.807, 2.05) is 31.2 Å². The second kappa shape index (κ2) is 6.15. The lowest BCUT2D eigenvalue weighted by Gasteiger charge is -2.07. The highest BCUT2D eigenvalue weighted by atomic mass is 16.5. The van der Waals surface area contributed by atoms with E-state index in [4.69, 9.17) is 15.2 Å². The second-order valence-electron chi connectivity index (χ2n) is 4.12. The van der Waals surface area contributed by atoms with Crippen LogP contribution >= 0.6 is 0 Å². The van der Waals surface area contributed by atoms with Crippen molar-refractivity contribution in [3.05, 3.63) is 36.0 Å². The summed E-state index contributed by atoms with van der Waals surface area (Å²) >= 11 is 0. The quantitative estimate of drug-likeness (QED) is 0.832. The molecule has 1 aromatic carbocycles. The summed E-state index contributed by atoms with van der Waals surface area (Å²) in [6.07, 6.45) is 0. The van der Waals surface area contributed by atoms with Crippen LogP contribution in [0.5, 0.6) is 5.75 Å². The molecule has 0 atom stereocenters. The molecule has 0 spiro atoms. The number of nitrogens with zero attached hydrogens (tertiary/aromatic N) is 2. The number of aryl methyl sites for hydroxylation is 1. The average Bonchev–Trinajstić information content (AvgIpc) is 2.39. The number of rotatable bonds is 5. The van der Waals surface area contributed by atoms with E-state index in [2.05, 4.69) is 9.97 Å². The van der Waals surface area contributed by atoms with Crippen LogP contribution in [0.15, 0.2) is 30.3 Å². The first kappa shape index (κ1) is 13.3. The van der Waals surface area contributed by atoms with Crippen LogP contribution in [0.1, 0.15) is 5.69 Å². The zero-order valence-electron chi connectivity index (χ0n) is 11.1. The first-order valence-electron chi connectivity index (χ1n) is 6.02. The van der Waals surface area contributed by atoms with E-state index < -0.39 is 0 Å². The molecule has 5 nitrogen and oxygen atoms in total. The largest absolute Gasteiger partial charge is 0.491 e. The van der Waals surface area contributed by atoms with E-state index in [0.717, 1.165) is 17.0 Å². The summed E-state index contributed by atoms with van der Waals surface area (Å²) in [5, 5.41) is 0. The monoisotopic (exact) mass is 259 g/mol. The molecular formula is C14H17N3O2. The third-order valence-electron chi connectivity index (χ3n) is 2.54. The van der Waals surface area contributed by atoms with Crippen molar-refractivity contribution in [2.45, 2.75) is 6.92 Å². The lowest BCUT2D eigenvalue weighted by Crippen LogP contribution is -2.04. The molecule has 0 aliphatic heterocycles. The van der Waals surface area contributed by atoms with Crippen molar-refractivity contribution in [3.63, 3.8) is 0 Å². The smallest absolute Gasteiger partial charge is 0.161 e. The summed E-state index contributed by atoms with van der Waals surface area (Å²) in [7, 11) is 1.64. The molecule has 0 aliphatic rings. The van der Waals surface area contributed by atoms with Crippen LogP contribution in [0.3, 0.4) is 0 Å². The van der Waals surface area contributed by atoms with E-state index in [-0.39, 0.29) is 0 Å². The molecular weight excluding hydrogens is 242 g/mol. The molecule has 0 fully saturated rings. The maximum atomic E-state index is 5.72. The molecule has 2 N–H and O–H groups in total. The summed E-state index contributed by atoms with van der Waals surface area (Å²) < 4.78 is 10.4. The van der Waals surface area contributed by atoms with Crippen molar-refractivity contribution < 1.29 is 9.47 Å². The van der Waals surface area contributed by atoms with Crippen LogP contribution in [-0.4, -0.2) is 30.3 Å². The SMILES string of the molecule is COCCOc1ccc(-c2nc(C)cc(N)n2)cc1. The highest BCUT2D eigenvalue weighted by Gasteiger charge is 2.04. The van der Waals surface area contributed by atoms with Gasteiger partial charge in [0.1, 0.15) is 18.2 Å². The highest BCUT2D eigenvalue weighted by Crippen LogP contribution is 2.20. The van der Waals surface area contributed by atoms with Gasteiger partial charge < -0.3 is 15.2 Å². The zero-order chi connectivity index (χ0) is 13.7. The van der Waals surface area contributed by atoms with Crippen molar-refractivity contribution in [2.75, 3.05) is 26.1 Å². The summed E-state index contributed by atoms with van der Waals surface area (Å²) in [4.78, 5) is 8.57. The van der Waals surface area contributed by atoms with Crippen LogP contribution in [0, 0.1) is 6.92 Å². The Morgan fingerprint density at radius 3 is 2.47 bits per heavy atom. The van der Waals surface area contributed by atoms with Crippen molar-refractivity contribution in [1.82, 2.24) is 9.97 Å². The van der Waals surface area contributed by atoms with Crippen LogP contribution in [0.25, 0.3) is 11.4 Å². The Bertz CT molecular complexity index is 521. The lowest BCUT2D eigenvalue weighted by atomic mass is 10.2. The molecule has 0 unspecified atom stereocenters. The first-order valence-corrected chi connectivity index (χ1v) is 6.02. The topological polar surface area (TPSA) is 70.3 Å². The minimum absolute atomic E-state index is 0.475. The molecule has 0 saturated heterocycles. The van der Waals surface area contributed by atoms with Crippen LogP contribution < -0.4 is 10.5 Å². The van der Waals surface area contributed by atoms with Gasteiger partial charge in [0.05, 0.1) is 6.61 Å². The normalized spacial score (nSPS) is 10.4. The summed E-state index contributed by atoms with van der Waals surface area (Å²) in [6, 6.07) is 9.33. The molecule has 0 saturated carbocycles. The van der Waals surface area contributed by atoms with Gasteiger partial charge in [0.2, 0.25) is 0 Å². The van der Waals surface area contributed by atoms with Crippen LogP contribution in [-0.2, 0) is 4.74 Å². The van der Waals surface area contributed by atoms with E-state index in [9.17, 15) is 0 Å². The van der Waals surface area contributed by atoms with Gasteiger partial charge in [-0.05, 0) is 31.2 Å². The van der Waals surface area contributed by atoms with Gasteiger partial charge in [-0.2, -0.15) is 0 Å². The van der Waals surface area contributed by atoms with Crippen LogP contribution in [0.2, 0.25) is 0 Å². The van der Waals surface area contributed by atoms with E-state index >= 15 is 0 Å². The number of nitrogen functional groups attached to an aromatic ring is 1. The van der Waals surface area contributed by atoms with Crippen molar-refractivity contribution in [3.8, 4) is 17.1 Å². The molecule has 0 aliphatic carbocycles. The molecule has 0 amide bonds. The Hall–Kier alpha value is -2.14. The van der Waals surface area contributed by atoms with E-state index in [0.29, 0.717) is 24.9 Å². The Labute approximate surface area is 112 Å². The van der Waals surface area contributed by atoms with Gasteiger partial charge in [-0.3, -0.25) is 0 Å². The van der Waals surface area contributed by atoms with E-state index in [1.54, 1.807) is 13.2 Å². The predicted octanol–water partition coefficient (Wildman–Crippen LogP) is 2.06. The molecule has 100 valence electrons. The third kappa shape index (κ3) is 3.66. The van der Waals surface area contributed by atoms with Crippen molar-refractivity contribution in [2.24, 2.45) is 0 Å². The highest BCUT2D eigenvalue weighted by molar-refractivity contribution is 5.58. The van der Waals surface area contributed by atoms with E-state index in [1.165, 1.54) is 0 Å². The number of methoxy groups -OCH3 is 1. The van der Waals surface area contributed by atoms with Gasteiger partial charge >= 0.3 is 0 Å². The number of anilines is 1. The number of aromatic nitrogens is 2. The number of ether oxygens (including phenoxy) is 2. The van der Waals surface area contributed by atoms with Gasteiger partial charge in [-0.1, -0.05) is 0 Å². The number of hydrogen-bond acceptors (Lipinski definition) is 5. The molecule has 0 radical (unpaired) electrons. The third-order valence-corrected chi connectivity index (χ3v) is 2.54. The molecule has 0 bridgehead atoms. The number of benzene rings is 1. The zero-order valence-corrected chi connectivity index (χ0v) is 11.1. The molecule has 1 heterocycles. The van der Waals surface area contributed by atoms with Gasteiger partial charge in [0.15, 0.2) is 5.82 Å². The molecule has 19 heavy (non-hydrogen) atoms. The summed E-state index contributed by atoms with van der Waals surface area (Å²) in [5.74, 6) is 1.89. The molecule has 1 aromatic heterocycles. The minimum atomic E-state index is 0.475. The Kier molecular flexibility index (Phi) is 4.30. The minimum Gasteiger partial charge on any atom is -0.491 e. The van der Waals surface area contributed by atoms with Gasteiger partial charge in [-0.15, -0.1) is 0 Å². The fourth-order valence-corrected chi connectivity index (χ4v) is 1.67. The van der Waals surface area contributed by atoms with Crippen molar-refractivity contribution >= 4 is 5.82 Å². The Morgan fingerprint density at radius 1 is 1.11 bits per heavy atom. The number of nitrogens with two attached hydrogens (primary N) is 1. The van der Waals surface area contributed by atoms with Crippen LogP contribution in [0.4, 0.5) is 5.82 Å². The van der Waals surface area contributed by atoms with Gasteiger partial charge in [0, 0.05) is 24.4 Å². The molecule has 2 rings (SSSR count). The Balaban J connectivity index is 2.13.